The fraction of sp³-hybridized carbons (Fsp3) is 0.0690. The molecule has 33 heavy (non-hydrogen) atoms. The van der Waals surface area contributed by atoms with Crippen LogP contribution in [0.25, 0.3) is 44.4 Å². The molecule has 5 aromatic rings. The Morgan fingerprint density at radius 1 is 0.848 bits per heavy atom. The van der Waals surface area contributed by atoms with Crippen LogP contribution in [0, 0.1) is 5.82 Å². The first-order chi connectivity index (χ1) is 16.1. The van der Waals surface area contributed by atoms with Crippen molar-refractivity contribution in [1.82, 2.24) is 4.98 Å². The molecule has 1 heterocycles. The van der Waals surface area contributed by atoms with E-state index in [9.17, 15) is 4.79 Å². The number of anilines is 1. The number of nitrogens with one attached hydrogen (secondary N) is 2. The van der Waals surface area contributed by atoms with Gasteiger partial charge >= 0.3 is 0 Å². The molecule has 6 rings (SSSR count). The van der Waals surface area contributed by atoms with Crippen LogP contribution < -0.4 is 5.32 Å². The summed E-state index contributed by atoms with van der Waals surface area (Å²) < 4.78 is 15.6. The molecule has 0 aliphatic heterocycles. The molecule has 1 aromatic heterocycles. The summed E-state index contributed by atoms with van der Waals surface area (Å²) >= 11 is 0. The van der Waals surface area contributed by atoms with Crippen molar-refractivity contribution in [3.63, 3.8) is 0 Å². The molecule has 4 aromatic carbocycles. The summed E-state index contributed by atoms with van der Waals surface area (Å²) in [5.41, 5.74) is 9.26. The molecule has 1 aliphatic carbocycles. The monoisotopic (exact) mass is 432 g/mol. The number of carbonyl (C=O) groups is 1. The SMILES string of the molecule is CC(=O)Nc1ccc2c(c1)Cc1c-2[nH]c2c(F)c(-c3ccc(-c4ccccc4)cc3)ccc12. The van der Waals surface area contributed by atoms with Gasteiger partial charge in [-0.05, 0) is 39.9 Å². The second kappa shape index (κ2) is 7.45. The van der Waals surface area contributed by atoms with Gasteiger partial charge in [-0.2, -0.15) is 0 Å². The van der Waals surface area contributed by atoms with Gasteiger partial charge in [0.25, 0.3) is 0 Å². The standard InChI is InChI=1S/C29H21FN2O/c1-17(33)31-22-11-12-24-21(15-22)16-26-25-14-13-23(27(30)29(25)32-28(24)26)20-9-7-19(8-10-20)18-5-3-2-4-6-18/h2-15,32H,16H2,1H3,(H,31,33). The van der Waals surface area contributed by atoms with Gasteiger partial charge in [0.05, 0.1) is 11.2 Å². The number of aromatic nitrogens is 1. The third-order valence-electron chi connectivity index (χ3n) is 6.38. The Kier molecular flexibility index (Phi) is 4.40. The van der Waals surface area contributed by atoms with Gasteiger partial charge in [-0.3, -0.25) is 4.79 Å². The van der Waals surface area contributed by atoms with Gasteiger partial charge in [0.15, 0.2) is 5.82 Å². The number of fused-ring (bicyclic) bond motifs is 5. The lowest BCUT2D eigenvalue weighted by atomic mass is 9.98. The molecule has 0 saturated carbocycles. The fourth-order valence-corrected chi connectivity index (χ4v) is 4.85. The molecule has 0 atom stereocenters. The highest BCUT2D eigenvalue weighted by Gasteiger charge is 2.25. The summed E-state index contributed by atoms with van der Waals surface area (Å²) in [5, 5.41) is 3.74. The minimum Gasteiger partial charge on any atom is -0.352 e. The zero-order chi connectivity index (χ0) is 22.5. The van der Waals surface area contributed by atoms with E-state index < -0.39 is 0 Å². The van der Waals surface area contributed by atoms with Crippen molar-refractivity contribution in [2.24, 2.45) is 0 Å². The van der Waals surface area contributed by atoms with Crippen LogP contribution >= 0.6 is 0 Å². The maximum atomic E-state index is 15.6. The third kappa shape index (κ3) is 3.23. The molecular formula is C29H21FN2O. The second-order valence-corrected chi connectivity index (χ2v) is 8.50. The molecule has 0 saturated heterocycles. The second-order valence-electron chi connectivity index (χ2n) is 8.50. The topological polar surface area (TPSA) is 44.9 Å². The highest BCUT2D eigenvalue weighted by molar-refractivity contribution is 5.98. The van der Waals surface area contributed by atoms with Crippen molar-refractivity contribution < 1.29 is 9.18 Å². The van der Waals surface area contributed by atoms with E-state index in [-0.39, 0.29) is 11.7 Å². The fourth-order valence-electron chi connectivity index (χ4n) is 4.85. The number of rotatable bonds is 3. The summed E-state index contributed by atoms with van der Waals surface area (Å²) in [6.45, 7) is 1.50. The Hall–Kier alpha value is -4.18. The maximum absolute atomic E-state index is 15.6. The first-order valence-electron chi connectivity index (χ1n) is 11.0. The number of carbonyl (C=O) groups excluding carboxylic acids is 1. The van der Waals surface area contributed by atoms with Crippen molar-refractivity contribution in [1.29, 1.82) is 0 Å². The third-order valence-corrected chi connectivity index (χ3v) is 6.38. The molecule has 0 fully saturated rings. The van der Waals surface area contributed by atoms with Crippen LogP contribution in [0.1, 0.15) is 18.1 Å². The molecule has 1 amide bonds. The smallest absolute Gasteiger partial charge is 0.221 e. The molecular weight excluding hydrogens is 411 g/mol. The normalized spacial score (nSPS) is 11.9. The predicted molar refractivity (Wildman–Crippen MR) is 132 cm³/mol. The van der Waals surface area contributed by atoms with Gasteiger partial charge in [-0.25, -0.2) is 4.39 Å². The van der Waals surface area contributed by atoms with Gasteiger partial charge in [-0.15, -0.1) is 0 Å². The van der Waals surface area contributed by atoms with Gasteiger partial charge in [0, 0.05) is 35.5 Å². The summed E-state index contributed by atoms with van der Waals surface area (Å²) in [7, 11) is 0. The molecule has 2 N–H and O–H groups in total. The van der Waals surface area contributed by atoms with Crippen molar-refractivity contribution >= 4 is 22.5 Å². The van der Waals surface area contributed by atoms with E-state index in [1.54, 1.807) is 0 Å². The minimum atomic E-state index is -0.231. The van der Waals surface area contributed by atoms with Crippen LogP contribution in [-0.2, 0) is 11.2 Å². The number of benzene rings is 4. The summed E-state index contributed by atoms with van der Waals surface area (Å²) in [6, 6.07) is 27.9. The highest BCUT2D eigenvalue weighted by Crippen LogP contribution is 2.43. The van der Waals surface area contributed by atoms with Gasteiger partial charge in [0.1, 0.15) is 0 Å². The van der Waals surface area contributed by atoms with Crippen LogP contribution in [0.2, 0.25) is 0 Å². The summed E-state index contributed by atoms with van der Waals surface area (Å²) in [6.07, 6.45) is 0.711. The van der Waals surface area contributed by atoms with E-state index in [2.05, 4.69) is 22.4 Å². The van der Waals surface area contributed by atoms with Crippen LogP contribution in [0.4, 0.5) is 10.1 Å². The Balaban J connectivity index is 1.38. The molecule has 0 spiro atoms. The van der Waals surface area contributed by atoms with E-state index >= 15 is 4.39 Å². The largest absolute Gasteiger partial charge is 0.352 e. The number of aromatic amines is 1. The number of halogens is 1. The summed E-state index contributed by atoms with van der Waals surface area (Å²) in [5.74, 6) is -0.325. The lowest BCUT2D eigenvalue weighted by Crippen LogP contribution is -2.05. The van der Waals surface area contributed by atoms with Crippen molar-refractivity contribution in [2.75, 3.05) is 5.32 Å². The Bertz CT molecular complexity index is 1530. The van der Waals surface area contributed by atoms with Gasteiger partial charge in [-0.1, -0.05) is 72.8 Å². The minimum absolute atomic E-state index is 0.0941. The van der Waals surface area contributed by atoms with Crippen molar-refractivity contribution in [2.45, 2.75) is 13.3 Å². The molecule has 0 unspecified atom stereocenters. The maximum Gasteiger partial charge on any atom is 0.221 e. The quantitative estimate of drug-likeness (QED) is 0.306. The van der Waals surface area contributed by atoms with Crippen LogP contribution in [0.5, 0.6) is 0 Å². The van der Waals surface area contributed by atoms with E-state index in [4.69, 9.17) is 0 Å². The van der Waals surface area contributed by atoms with Crippen LogP contribution in [0.15, 0.2) is 84.9 Å². The van der Waals surface area contributed by atoms with Crippen LogP contribution in [-0.4, -0.2) is 10.9 Å². The van der Waals surface area contributed by atoms with Crippen LogP contribution in [0.3, 0.4) is 0 Å². The van der Waals surface area contributed by atoms with Crippen molar-refractivity contribution in [3.05, 3.63) is 102 Å². The Morgan fingerprint density at radius 2 is 1.55 bits per heavy atom. The van der Waals surface area contributed by atoms with Crippen molar-refractivity contribution in [3.8, 4) is 33.5 Å². The predicted octanol–water partition coefficient (Wildman–Crippen LogP) is 7.17. The number of hydrogen-bond donors (Lipinski definition) is 2. The first kappa shape index (κ1) is 19.5. The van der Waals surface area contributed by atoms with E-state index in [1.165, 1.54) is 6.92 Å². The molecule has 4 heteroatoms. The van der Waals surface area contributed by atoms with E-state index in [0.717, 1.165) is 50.1 Å². The number of hydrogen-bond acceptors (Lipinski definition) is 1. The molecule has 0 bridgehead atoms. The first-order valence-corrected chi connectivity index (χ1v) is 11.0. The number of amides is 1. The van der Waals surface area contributed by atoms with E-state index in [1.807, 2.05) is 72.8 Å². The lowest BCUT2D eigenvalue weighted by Gasteiger charge is -2.08. The summed E-state index contributed by atoms with van der Waals surface area (Å²) in [4.78, 5) is 14.7. The van der Waals surface area contributed by atoms with Gasteiger partial charge in [0.2, 0.25) is 5.91 Å². The van der Waals surface area contributed by atoms with E-state index in [0.29, 0.717) is 17.5 Å². The zero-order valence-electron chi connectivity index (χ0n) is 18.1. The average Bonchev–Trinajstić information content (AvgIpc) is 3.36. The molecule has 160 valence electrons. The Labute approximate surface area is 190 Å². The number of H-pyrrole nitrogens is 1. The zero-order valence-corrected chi connectivity index (χ0v) is 18.1. The lowest BCUT2D eigenvalue weighted by molar-refractivity contribution is -0.114. The Morgan fingerprint density at radius 3 is 2.30 bits per heavy atom. The molecule has 1 aliphatic rings. The van der Waals surface area contributed by atoms with Gasteiger partial charge < -0.3 is 10.3 Å². The highest BCUT2D eigenvalue weighted by atomic mass is 19.1. The molecule has 3 nitrogen and oxygen atoms in total. The average molecular weight is 432 g/mol. The molecule has 0 radical (unpaired) electrons.